The Morgan fingerprint density at radius 2 is 1.85 bits per heavy atom. The normalized spacial score (nSPS) is 15.9. The van der Waals surface area contributed by atoms with Gasteiger partial charge in [-0.1, -0.05) is 15.9 Å². The number of rotatable bonds is 4. The van der Waals surface area contributed by atoms with E-state index in [4.69, 9.17) is 4.74 Å². The Bertz CT molecular complexity index is 953. The van der Waals surface area contributed by atoms with Crippen LogP contribution in [0.15, 0.2) is 52.5 Å². The van der Waals surface area contributed by atoms with E-state index in [1.54, 1.807) is 18.2 Å². The summed E-state index contributed by atoms with van der Waals surface area (Å²) in [4.78, 5) is 38.0. The van der Waals surface area contributed by atoms with Gasteiger partial charge in [-0.3, -0.25) is 14.9 Å². The number of amides is 4. The number of hydrogen-bond acceptors (Lipinski definition) is 5. The quantitative estimate of drug-likeness (QED) is 0.573. The molecule has 4 amide bonds. The average Bonchev–Trinajstić information content (AvgIpc) is 2.60. The second-order valence-corrected chi connectivity index (χ2v) is 6.54. The van der Waals surface area contributed by atoms with Crippen LogP contribution in [0.5, 0.6) is 11.5 Å². The Morgan fingerprint density at radius 3 is 2.52 bits per heavy atom. The first kappa shape index (κ1) is 18.7. The topological polar surface area (TPSA) is 95.9 Å². The van der Waals surface area contributed by atoms with Crippen molar-refractivity contribution in [1.29, 1.82) is 0 Å². The Hall–Kier alpha value is -3.13. The third-order valence-corrected chi connectivity index (χ3v) is 4.18. The Balaban J connectivity index is 2.00. The van der Waals surface area contributed by atoms with E-state index >= 15 is 0 Å². The molecule has 1 fully saturated rings. The van der Waals surface area contributed by atoms with Crippen LogP contribution in [0.4, 0.5) is 10.5 Å². The molecule has 0 spiro atoms. The molecule has 0 bridgehead atoms. The van der Waals surface area contributed by atoms with Crippen molar-refractivity contribution < 1.29 is 24.2 Å². The van der Waals surface area contributed by atoms with Crippen molar-refractivity contribution in [3.8, 4) is 11.5 Å². The number of carbonyl (C=O) groups is 3. The zero-order valence-electron chi connectivity index (χ0n) is 14.2. The molecule has 3 rings (SSSR count). The fourth-order valence-electron chi connectivity index (χ4n) is 2.58. The van der Waals surface area contributed by atoms with Crippen LogP contribution >= 0.6 is 15.9 Å². The predicted octanol–water partition coefficient (Wildman–Crippen LogP) is 3.22. The summed E-state index contributed by atoms with van der Waals surface area (Å²) in [5, 5.41) is 11.5. The van der Waals surface area contributed by atoms with Gasteiger partial charge in [0.1, 0.15) is 17.1 Å². The van der Waals surface area contributed by atoms with Crippen molar-refractivity contribution in [2.24, 2.45) is 0 Å². The first-order chi connectivity index (χ1) is 12.9. The molecule has 1 aliphatic rings. The summed E-state index contributed by atoms with van der Waals surface area (Å²) in [6.45, 7) is 2.31. The number of halogens is 1. The van der Waals surface area contributed by atoms with E-state index in [0.29, 0.717) is 17.9 Å². The SMILES string of the molecule is CCOc1cc(Br)cc(/C=C2\C(=O)NC(=O)N(c3ccc(O)cc3)C2=O)c1. The number of urea groups is 1. The van der Waals surface area contributed by atoms with Crippen molar-refractivity contribution in [3.63, 3.8) is 0 Å². The molecule has 2 aromatic carbocycles. The van der Waals surface area contributed by atoms with Crippen molar-refractivity contribution in [3.05, 3.63) is 58.1 Å². The fourth-order valence-corrected chi connectivity index (χ4v) is 3.07. The van der Waals surface area contributed by atoms with Crippen LogP contribution in [0.2, 0.25) is 0 Å². The van der Waals surface area contributed by atoms with Crippen LogP contribution in [0.25, 0.3) is 6.08 Å². The minimum absolute atomic E-state index is 0.00644. The second kappa shape index (κ2) is 7.63. The first-order valence-corrected chi connectivity index (χ1v) is 8.82. The molecule has 0 radical (unpaired) electrons. The highest BCUT2D eigenvalue weighted by molar-refractivity contribution is 9.10. The molecular formula is C19H15BrN2O5. The summed E-state index contributed by atoms with van der Waals surface area (Å²) in [5.74, 6) is -0.966. The summed E-state index contributed by atoms with van der Waals surface area (Å²) in [6, 6.07) is 9.83. The van der Waals surface area contributed by atoms with Gasteiger partial charge in [0.05, 0.1) is 12.3 Å². The van der Waals surface area contributed by atoms with Crippen molar-refractivity contribution in [1.82, 2.24) is 5.32 Å². The summed E-state index contributed by atoms with van der Waals surface area (Å²) in [7, 11) is 0. The lowest BCUT2D eigenvalue weighted by Crippen LogP contribution is -2.54. The summed E-state index contributed by atoms with van der Waals surface area (Å²) in [5.41, 5.74) is 0.604. The predicted molar refractivity (Wildman–Crippen MR) is 102 cm³/mol. The van der Waals surface area contributed by atoms with Crippen LogP contribution < -0.4 is 15.0 Å². The van der Waals surface area contributed by atoms with Crippen LogP contribution in [0.3, 0.4) is 0 Å². The van der Waals surface area contributed by atoms with Gasteiger partial charge in [-0.15, -0.1) is 0 Å². The molecule has 1 aliphatic heterocycles. The lowest BCUT2D eigenvalue weighted by molar-refractivity contribution is -0.122. The van der Waals surface area contributed by atoms with Crippen molar-refractivity contribution in [2.75, 3.05) is 11.5 Å². The lowest BCUT2D eigenvalue weighted by atomic mass is 10.1. The largest absolute Gasteiger partial charge is 0.508 e. The van der Waals surface area contributed by atoms with Crippen LogP contribution in [-0.2, 0) is 9.59 Å². The van der Waals surface area contributed by atoms with Gasteiger partial charge < -0.3 is 9.84 Å². The van der Waals surface area contributed by atoms with Gasteiger partial charge in [0.2, 0.25) is 0 Å². The molecule has 8 heteroatoms. The number of nitrogens with zero attached hydrogens (tertiary/aromatic N) is 1. The maximum absolute atomic E-state index is 12.8. The minimum Gasteiger partial charge on any atom is -0.508 e. The summed E-state index contributed by atoms with van der Waals surface area (Å²) in [6.07, 6.45) is 1.39. The highest BCUT2D eigenvalue weighted by Gasteiger charge is 2.36. The number of nitrogens with one attached hydrogen (secondary N) is 1. The van der Waals surface area contributed by atoms with E-state index in [2.05, 4.69) is 21.2 Å². The average molecular weight is 431 g/mol. The number of anilines is 1. The lowest BCUT2D eigenvalue weighted by Gasteiger charge is -2.26. The van der Waals surface area contributed by atoms with Crippen LogP contribution in [-0.4, -0.2) is 29.6 Å². The Kier molecular flexibility index (Phi) is 5.27. The molecule has 2 aromatic rings. The standard InChI is InChI=1S/C19H15BrN2O5/c1-2-27-15-8-11(7-12(20)10-15)9-16-17(24)21-19(26)22(18(16)25)13-3-5-14(23)6-4-13/h3-10,23H,2H2,1H3,(H,21,24,26)/b16-9+. The highest BCUT2D eigenvalue weighted by Crippen LogP contribution is 2.26. The Morgan fingerprint density at radius 1 is 1.15 bits per heavy atom. The van der Waals surface area contributed by atoms with Gasteiger partial charge in [0.15, 0.2) is 0 Å². The van der Waals surface area contributed by atoms with Gasteiger partial charge >= 0.3 is 6.03 Å². The van der Waals surface area contributed by atoms with E-state index in [-0.39, 0.29) is 17.0 Å². The van der Waals surface area contributed by atoms with Gasteiger partial charge in [0, 0.05) is 4.47 Å². The van der Waals surface area contributed by atoms with Crippen LogP contribution in [0.1, 0.15) is 12.5 Å². The van der Waals surface area contributed by atoms with Gasteiger partial charge in [-0.05, 0) is 61.0 Å². The number of hydrogen-bond donors (Lipinski definition) is 2. The zero-order valence-corrected chi connectivity index (χ0v) is 15.8. The molecule has 0 unspecified atom stereocenters. The molecule has 7 nitrogen and oxygen atoms in total. The number of benzene rings is 2. The summed E-state index contributed by atoms with van der Waals surface area (Å²) >= 11 is 3.36. The number of carbonyl (C=O) groups excluding carboxylic acids is 3. The van der Waals surface area contributed by atoms with Crippen LogP contribution in [0, 0.1) is 0 Å². The van der Waals surface area contributed by atoms with E-state index < -0.39 is 17.8 Å². The van der Waals surface area contributed by atoms with E-state index in [1.807, 2.05) is 6.92 Å². The molecule has 0 atom stereocenters. The van der Waals surface area contributed by atoms with Crippen molar-refractivity contribution >= 4 is 45.5 Å². The monoisotopic (exact) mass is 430 g/mol. The number of aromatic hydroxyl groups is 1. The molecule has 1 saturated heterocycles. The van der Waals surface area contributed by atoms with Gasteiger partial charge in [-0.25, -0.2) is 9.69 Å². The molecule has 27 heavy (non-hydrogen) atoms. The number of phenols is 1. The maximum Gasteiger partial charge on any atom is 0.335 e. The molecule has 0 saturated carbocycles. The number of barbiturate groups is 1. The van der Waals surface area contributed by atoms with Crippen molar-refractivity contribution in [2.45, 2.75) is 6.92 Å². The number of ether oxygens (including phenoxy) is 1. The third-order valence-electron chi connectivity index (χ3n) is 3.73. The molecule has 0 aromatic heterocycles. The smallest absolute Gasteiger partial charge is 0.335 e. The summed E-state index contributed by atoms with van der Waals surface area (Å²) < 4.78 is 6.17. The molecule has 138 valence electrons. The molecule has 2 N–H and O–H groups in total. The molecule has 0 aliphatic carbocycles. The second-order valence-electron chi connectivity index (χ2n) is 5.63. The van der Waals surface area contributed by atoms with Gasteiger partial charge in [0.25, 0.3) is 11.8 Å². The number of imide groups is 2. The van der Waals surface area contributed by atoms with E-state index in [9.17, 15) is 19.5 Å². The first-order valence-electron chi connectivity index (χ1n) is 8.03. The minimum atomic E-state index is -0.850. The molecular weight excluding hydrogens is 416 g/mol. The van der Waals surface area contributed by atoms with E-state index in [0.717, 1.165) is 9.37 Å². The molecule has 1 heterocycles. The number of phenolic OH excluding ortho intramolecular Hbond substituents is 1. The Labute approximate surface area is 163 Å². The highest BCUT2D eigenvalue weighted by atomic mass is 79.9. The maximum atomic E-state index is 12.8. The fraction of sp³-hybridized carbons (Fsp3) is 0.105. The zero-order chi connectivity index (χ0) is 19.6. The third kappa shape index (κ3) is 4.01. The van der Waals surface area contributed by atoms with E-state index in [1.165, 1.54) is 30.3 Å². The van der Waals surface area contributed by atoms with Gasteiger partial charge in [-0.2, -0.15) is 0 Å².